The number of unbranched alkanes of at least 4 members (excludes halogenated alkanes) is 10. The number of carbonyl (C=O) groups excluding carboxylic acids is 2. The van der Waals surface area contributed by atoms with E-state index in [0.717, 1.165) is 154 Å². The molecule has 0 saturated carbocycles. The molecule has 10 heteroatoms. The van der Waals surface area contributed by atoms with E-state index in [1.807, 2.05) is 21.1 Å². The molecule has 0 fully saturated rings. The molecular weight excluding hydrogens is 1060 g/mol. The maximum absolute atomic E-state index is 12.8. The van der Waals surface area contributed by atoms with Gasteiger partial charge in [-0.05, 0) is 141 Å². The van der Waals surface area contributed by atoms with Crippen molar-refractivity contribution in [2.45, 2.75) is 213 Å². The van der Waals surface area contributed by atoms with Gasteiger partial charge in [0.25, 0.3) is 7.82 Å². The average Bonchev–Trinajstić information content (AvgIpc) is 3.61. The fourth-order valence-electron chi connectivity index (χ4n) is 7.74. The molecule has 0 rings (SSSR count). The number of phosphoric ester groups is 1. The number of carbonyl (C=O) groups is 2. The van der Waals surface area contributed by atoms with E-state index in [9.17, 15) is 19.0 Å². The van der Waals surface area contributed by atoms with Crippen molar-refractivity contribution < 1.29 is 42.1 Å². The number of likely N-dealkylation sites (N-methyl/N-ethyl adjacent to an activating group) is 1. The first-order chi connectivity index (χ1) is 41.0. The van der Waals surface area contributed by atoms with Crippen LogP contribution in [0.15, 0.2) is 194 Å². The van der Waals surface area contributed by atoms with E-state index in [4.69, 9.17) is 18.5 Å². The average molecular weight is 1180 g/mol. The van der Waals surface area contributed by atoms with Gasteiger partial charge in [-0.2, -0.15) is 0 Å². The van der Waals surface area contributed by atoms with Gasteiger partial charge < -0.3 is 27.9 Å². The van der Waals surface area contributed by atoms with Gasteiger partial charge in [-0.15, -0.1) is 0 Å². The number of allylic oxidation sites excluding steroid dienone is 32. The van der Waals surface area contributed by atoms with Crippen LogP contribution in [-0.2, 0) is 32.7 Å². The molecule has 9 nitrogen and oxygen atoms in total. The SMILES string of the molecule is CC/C=C\C/C=C\C/C=C\C/C=C\C/C=C\C/C=C\C/C=C\C/C=C\C/C=C\CCCCCCCCCC(=O)OC(COC(=O)CCCCC/C=C\C/C=C\C/C=C\C/C=C\C/C=C\C/C=C\C/C=C\CC)COP(=O)([O-])OCC[N+](C)(C)C. The summed E-state index contributed by atoms with van der Waals surface area (Å²) in [5.41, 5.74) is 0. The zero-order chi connectivity index (χ0) is 61.2. The highest BCUT2D eigenvalue weighted by molar-refractivity contribution is 7.45. The van der Waals surface area contributed by atoms with Crippen LogP contribution >= 0.6 is 7.82 Å². The van der Waals surface area contributed by atoms with Crippen LogP contribution in [0.3, 0.4) is 0 Å². The molecule has 0 amide bonds. The molecule has 2 unspecified atom stereocenters. The number of hydrogen-bond donors (Lipinski definition) is 0. The Hall–Kier alpha value is -5.15. The first kappa shape index (κ1) is 78.8. The normalized spacial score (nSPS) is 14.5. The molecule has 0 aliphatic carbocycles. The zero-order valence-electron chi connectivity index (χ0n) is 53.3. The minimum absolute atomic E-state index is 0.0510. The third-order valence-corrected chi connectivity index (χ3v) is 13.6. The van der Waals surface area contributed by atoms with Gasteiger partial charge in [0.05, 0.1) is 27.7 Å². The van der Waals surface area contributed by atoms with Gasteiger partial charge >= 0.3 is 11.9 Å². The zero-order valence-corrected chi connectivity index (χ0v) is 54.1. The fourth-order valence-corrected chi connectivity index (χ4v) is 8.47. The highest BCUT2D eigenvalue weighted by Crippen LogP contribution is 2.38. The van der Waals surface area contributed by atoms with Crippen molar-refractivity contribution in [2.75, 3.05) is 47.5 Å². The van der Waals surface area contributed by atoms with Gasteiger partial charge in [0.2, 0.25) is 0 Å². The molecule has 0 aromatic carbocycles. The largest absolute Gasteiger partial charge is 0.756 e. The topological polar surface area (TPSA) is 111 Å². The van der Waals surface area contributed by atoms with Crippen LogP contribution in [0.5, 0.6) is 0 Å². The molecule has 0 bridgehead atoms. The third-order valence-electron chi connectivity index (χ3n) is 12.6. The maximum Gasteiger partial charge on any atom is 0.306 e. The van der Waals surface area contributed by atoms with Gasteiger partial charge in [0, 0.05) is 12.8 Å². The Kier molecular flexibility index (Phi) is 58.6. The second-order valence-corrected chi connectivity index (χ2v) is 23.1. The molecule has 2 atom stereocenters. The van der Waals surface area contributed by atoms with Crippen LogP contribution < -0.4 is 4.89 Å². The van der Waals surface area contributed by atoms with E-state index in [0.29, 0.717) is 23.9 Å². The summed E-state index contributed by atoms with van der Waals surface area (Å²) < 4.78 is 34.2. The van der Waals surface area contributed by atoms with E-state index in [2.05, 4.69) is 208 Å². The summed E-state index contributed by atoms with van der Waals surface area (Å²) in [5.74, 6) is -0.903. The molecule has 0 aromatic heterocycles. The minimum atomic E-state index is -4.67. The molecule has 0 spiro atoms. The molecule has 0 aliphatic rings. The molecule has 0 saturated heterocycles. The van der Waals surface area contributed by atoms with Crippen LogP contribution in [0.1, 0.15) is 206 Å². The number of phosphoric acid groups is 1. The van der Waals surface area contributed by atoms with E-state index >= 15 is 0 Å². The molecule has 0 aliphatic heterocycles. The standard InChI is InChI=1S/C74H116NO8P/c1-6-8-10-12-14-16-18-20-22-24-26-28-30-32-33-34-35-36-37-38-39-40-41-43-45-47-49-51-53-55-57-59-61-63-65-67-74(77)83-72(71-82-84(78,79)81-69-68-75(3,4)5)70-80-73(76)66-64-62-60-58-56-54-52-50-48-46-44-42-31-29-27-25-23-21-19-17-15-13-11-9-7-2/h8-11,14-17,20-23,26-29,32-33,35-36,38-39,41-44,47-50,54,56,72H,6-7,12-13,18-19,24-25,30-31,34,37,40,45-46,51-53,55,57-71H2,1-5H3/b10-8-,11-9-,16-14-,17-15-,22-20-,23-21-,28-26-,29-27-,33-32-,36-35-,39-38-,43-41-,44-42-,49-47-,50-48-,56-54-. The van der Waals surface area contributed by atoms with Gasteiger partial charge in [0.1, 0.15) is 19.8 Å². The summed E-state index contributed by atoms with van der Waals surface area (Å²) in [4.78, 5) is 38.0. The molecule has 0 radical (unpaired) electrons. The Morgan fingerprint density at radius 2 is 0.643 bits per heavy atom. The second kappa shape index (κ2) is 62.4. The maximum atomic E-state index is 12.8. The summed E-state index contributed by atoms with van der Waals surface area (Å²) in [6.45, 7) is 3.92. The number of rotatable bonds is 56. The Morgan fingerprint density at radius 3 is 0.964 bits per heavy atom. The number of quaternary nitrogens is 1. The molecule has 0 N–H and O–H groups in total. The Morgan fingerprint density at radius 1 is 0.369 bits per heavy atom. The number of nitrogens with zero attached hydrogens (tertiary/aromatic N) is 1. The fraction of sp³-hybridized carbons (Fsp3) is 0.541. The summed E-state index contributed by atoms with van der Waals surface area (Å²) in [6.07, 6.45) is 97.7. The van der Waals surface area contributed by atoms with E-state index < -0.39 is 32.5 Å². The van der Waals surface area contributed by atoms with Crippen molar-refractivity contribution in [3.05, 3.63) is 194 Å². The molecule has 470 valence electrons. The van der Waals surface area contributed by atoms with E-state index in [-0.39, 0.29) is 26.1 Å². The lowest BCUT2D eigenvalue weighted by molar-refractivity contribution is -0.870. The summed E-state index contributed by atoms with van der Waals surface area (Å²) >= 11 is 0. The molecule has 0 heterocycles. The highest BCUT2D eigenvalue weighted by atomic mass is 31.2. The van der Waals surface area contributed by atoms with Crippen LogP contribution in [-0.4, -0.2) is 70.0 Å². The first-order valence-electron chi connectivity index (χ1n) is 32.1. The summed E-state index contributed by atoms with van der Waals surface area (Å²) in [6, 6.07) is 0. The summed E-state index contributed by atoms with van der Waals surface area (Å²) in [5, 5.41) is 0. The van der Waals surface area contributed by atoms with Crippen molar-refractivity contribution in [3.8, 4) is 0 Å². The Labute approximate surface area is 513 Å². The Balaban J connectivity index is 4.27. The monoisotopic (exact) mass is 1180 g/mol. The Bertz CT molecular complexity index is 2120. The van der Waals surface area contributed by atoms with Crippen molar-refractivity contribution in [3.63, 3.8) is 0 Å². The minimum Gasteiger partial charge on any atom is -0.756 e. The molecule has 0 aromatic rings. The second-order valence-electron chi connectivity index (χ2n) is 21.7. The van der Waals surface area contributed by atoms with Crippen molar-refractivity contribution >= 4 is 19.8 Å². The smallest absolute Gasteiger partial charge is 0.306 e. The van der Waals surface area contributed by atoms with Crippen molar-refractivity contribution in [1.29, 1.82) is 0 Å². The predicted molar refractivity (Wildman–Crippen MR) is 359 cm³/mol. The van der Waals surface area contributed by atoms with Gasteiger partial charge in [-0.1, -0.05) is 247 Å². The summed E-state index contributed by atoms with van der Waals surface area (Å²) in [7, 11) is 1.11. The van der Waals surface area contributed by atoms with Crippen LogP contribution in [0.25, 0.3) is 0 Å². The molecular formula is C74H116NO8P. The highest BCUT2D eigenvalue weighted by Gasteiger charge is 2.22. The predicted octanol–water partition coefficient (Wildman–Crippen LogP) is 20.3. The van der Waals surface area contributed by atoms with Gasteiger partial charge in [-0.25, -0.2) is 0 Å². The van der Waals surface area contributed by atoms with Gasteiger partial charge in [0.15, 0.2) is 6.10 Å². The van der Waals surface area contributed by atoms with Crippen molar-refractivity contribution in [2.24, 2.45) is 0 Å². The first-order valence-corrected chi connectivity index (χ1v) is 33.6. The van der Waals surface area contributed by atoms with Crippen LogP contribution in [0, 0.1) is 0 Å². The van der Waals surface area contributed by atoms with Crippen LogP contribution in [0.2, 0.25) is 0 Å². The van der Waals surface area contributed by atoms with E-state index in [1.54, 1.807) is 0 Å². The molecule has 84 heavy (non-hydrogen) atoms. The lowest BCUT2D eigenvalue weighted by Crippen LogP contribution is -2.37. The van der Waals surface area contributed by atoms with Gasteiger partial charge in [-0.3, -0.25) is 14.2 Å². The number of hydrogen-bond acceptors (Lipinski definition) is 8. The lowest BCUT2D eigenvalue weighted by Gasteiger charge is -2.28. The van der Waals surface area contributed by atoms with Crippen molar-refractivity contribution in [1.82, 2.24) is 0 Å². The number of esters is 2. The third kappa shape index (κ3) is 66.0. The van der Waals surface area contributed by atoms with E-state index in [1.165, 1.54) is 12.8 Å². The van der Waals surface area contributed by atoms with Crippen LogP contribution in [0.4, 0.5) is 0 Å². The lowest BCUT2D eigenvalue weighted by atomic mass is 10.1. The quantitative estimate of drug-likeness (QED) is 0.0195. The number of ether oxygens (including phenoxy) is 2.